The van der Waals surface area contributed by atoms with E-state index < -0.39 is 0 Å². The highest BCUT2D eigenvalue weighted by molar-refractivity contribution is 9.10. The van der Waals surface area contributed by atoms with Crippen LogP contribution in [-0.2, 0) is 5.41 Å². The van der Waals surface area contributed by atoms with Crippen molar-refractivity contribution < 1.29 is 0 Å². The molecule has 0 spiro atoms. The second-order valence-corrected chi connectivity index (χ2v) is 10.1. The third kappa shape index (κ3) is 4.82. The summed E-state index contributed by atoms with van der Waals surface area (Å²) in [5.41, 5.74) is 3.60. The monoisotopic (exact) mass is 443 g/mol. The fraction of sp³-hybridized carbons (Fsp3) is 0.364. The van der Waals surface area contributed by atoms with Crippen LogP contribution in [0.3, 0.4) is 0 Å². The van der Waals surface area contributed by atoms with Crippen LogP contribution in [0.2, 0.25) is 0 Å². The molecule has 2 aromatic carbocycles. The smallest absolute Gasteiger partial charge is 0.196 e. The lowest BCUT2D eigenvalue weighted by atomic mass is 9.87. The van der Waals surface area contributed by atoms with E-state index in [0.717, 1.165) is 32.5 Å². The number of rotatable bonds is 5. The summed E-state index contributed by atoms with van der Waals surface area (Å²) >= 11 is 5.28. The van der Waals surface area contributed by atoms with Gasteiger partial charge in [0.15, 0.2) is 11.0 Å². The topological polar surface area (TPSA) is 30.7 Å². The summed E-state index contributed by atoms with van der Waals surface area (Å²) in [6.07, 6.45) is 0. The Bertz CT molecular complexity index is 891. The highest BCUT2D eigenvalue weighted by Gasteiger charge is 2.18. The van der Waals surface area contributed by atoms with E-state index in [9.17, 15) is 0 Å². The summed E-state index contributed by atoms with van der Waals surface area (Å²) < 4.78 is 3.22. The van der Waals surface area contributed by atoms with Crippen molar-refractivity contribution in [1.29, 1.82) is 0 Å². The molecule has 27 heavy (non-hydrogen) atoms. The van der Waals surface area contributed by atoms with Gasteiger partial charge in [-0.2, -0.15) is 0 Å². The van der Waals surface area contributed by atoms with Crippen molar-refractivity contribution in [2.75, 3.05) is 5.75 Å². The first kappa shape index (κ1) is 20.2. The van der Waals surface area contributed by atoms with Crippen LogP contribution < -0.4 is 0 Å². The molecule has 0 fully saturated rings. The van der Waals surface area contributed by atoms with Crippen molar-refractivity contribution in [3.8, 4) is 17.1 Å². The van der Waals surface area contributed by atoms with E-state index in [0.29, 0.717) is 5.92 Å². The minimum atomic E-state index is 0.135. The summed E-state index contributed by atoms with van der Waals surface area (Å²) in [5, 5.41) is 9.97. The number of aromatic nitrogens is 3. The van der Waals surface area contributed by atoms with Crippen LogP contribution in [0.1, 0.15) is 40.2 Å². The molecule has 0 N–H and O–H groups in total. The highest BCUT2D eigenvalue weighted by Crippen LogP contribution is 2.31. The van der Waals surface area contributed by atoms with Crippen molar-refractivity contribution in [3.05, 3.63) is 58.6 Å². The van der Waals surface area contributed by atoms with Crippen LogP contribution in [0.15, 0.2) is 58.2 Å². The van der Waals surface area contributed by atoms with E-state index in [1.165, 1.54) is 5.56 Å². The average molecular weight is 444 g/mol. The van der Waals surface area contributed by atoms with E-state index in [1.807, 2.05) is 0 Å². The predicted molar refractivity (Wildman–Crippen MR) is 119 cm³/mol. The van der Waals surface area contributed by atoms with Crippen molar-refractivity contribution in [1.82, 2.24) is 14.8 Å². The molecule has 0 radical (unpaired) electrons. The molecule has 3 nitrogen and oxygen atoms in total. The van der Waals surface area contributed by atoms with Gasteiger partial charge in [-0.05, 0) is 41.2 Å². The third-order valence-electron chi connectivity index (χ3n) is 4.27. The lowest BCUT2D eigenvalue weighted by Crippen LogP contribution is -2.10. The fourth-order valence-corrected chi connectivity index (χ4v) is 3.90. The van der Waals surface area contributed by atoms with Gasteiger partial charge in [0.25, 0.3) is 0 Å². The number of hydrogen-bond acceptors (Lipinski definition) is 3. The Labute approximate surface area is 174 Å². The molecule has 0 atom stereocenters. The molecule has 1 heterocycles. The summed E-state index contributed by atoms with van der Waals surface area (Å²) in [7, 11) is 0. The van der Waals surface area contributed by atoms with Crippen molar-refractivity contribution in [3.63, 3.8) is 0 Å². The summed E-state index contributed by atoms with van der Waals surface area (Å²) in [4.78, 5) is 0. The molecule has 0 saturated heterocycles. The SMILES string of the molecule is CC(C)CSc1nnc(-c2ccc(C(C)(C)C)cc2)n1-c1ccc(Br)cc1. The van der Waals surface area contributed by atoms with Gasteiger partial charge in [-0.25, -0.2) is 0 Å². The zero-order valence-corrected chi connectivity index (χ0v) is 18.9. The zero-order valence-electron chi connectivity index (χ0n) is 16.5. The molecular formula is C22H26BrN3S. The van der Waals surface area contributed by atoms with E-state index in [2.05, 4.69) is 114 Å². The maximum absolute atomic E-state index is 4.54. The molecule has 5 heteroatoms. The van der Waals surface area contributed by atoms with Gasteiger partial charge in [-0.1, -0.05) is 86.6 Å². The molecule has 0 unspecified atom stereocenters. The van der Waals surface area contributed by atoms with E-state index in [4.69, 9.17) is 0 Å². The summed E-state index contributed by atoms with van der Waals surface area (Å²) in [5.74, 6) is 2.49. The summed E-state index contributed by atoms with van der Waals surface area (Å²) in [6.45, 7) is 11.1. The van der Waals surface area contributed by atoms with Gasteiger partial charge in [-0.3, -0.25) is 4.57 Å². The van der Waals surface area contributed by atoms with Crippen LogP contribution in [0.5, 0.6) is 0 Å². The van der Waals surface area contributed by atoms with Gasteiger partial charge < -0.3 is 0 Å². The largest absolute Gasteiger partial charge is 0.270 e. The maximum atomic E-state index is 4.54. The van der Waals surface area contributed by atoms with Crippen LogP contribution in [0.25, 0.3) is 17.1 Å². The molecule has 142 valence electrons. The van der Waals surface area contributed by atoms with Gasteiger partial charge in [0, 0.05) is 21.5 Å². The van der Waals surface area contributed by atoms with Crippen LogP contribution >= 0.6 is 27.7 Å². The van der Waals surface area contributed by atoms with Crippen LogP contribution in [0.4, 0.5) is 0 Å². The van der Waals surface area contributed by atoms with Crippen molar-refractivity contribution >= 4 is 27.7 Å². The lowest BCUT2D eigenvalue weighted by molar-refractivity contribution is 0.590. The lowest BCUT2D eigenvalue weighted by Gasteiger charge is -2.19. The molecular weight excluding hydrogens is 418 g/mol. The Morgan fingerprint density at radius 2 is 1.59 bits per heavy atom. The van der Waals surface area contributed by atoms with E-state index >= 15 is 0 Å². The van der Waals surface area contributed by atoms with Gasteiger partial charge in [0.2, 0.25) is 0 Å². The molecule has 0 saturated carbocycles. The first-order valence-electron chi connectivity index (χ1n) is 9.21. The molecule has 0 aliphatic heterocycles. The second kappa shape index (κ2) is 8.19. The maximum Gasteiger partial charge on any atom is 0.196 e. The number of benzene rings is 2. The zero-order chi connectivity index (χ0) is 19.6. The number of nitrogens with zero attached hydrogens (tertiary/aromatic N) is 3. The summed E-state index contributed by atoms with van der Waals surface area (Å²) in [6, 6.07) is 17.0. The minimum Gasteiger partial charge on any atom is -0.270 e. The third-order valence-corrected chi connectivity index (χ3v) is 6.16. The Morgan fingerprint density at radius 3 is 2.15 bits per heavy atom. The van der Waals surface area contributed by atoms with Gasteiger partial charge in [-0.15, -0.1) is 10.2 Å². The number of thioether (sulfide) groups is 1. The second-order valence-electron chi connectivity index (χ2n) is 8.15. The van der Waals surface area contributed by atoms with Crippen LogP contribution in [0, 0.1) is 5.92 Å². The molecule has 0 aliphatic carbocycles. The van der Waals surface area contributed by atoms with Crippen LogP contribution in [-0.4, -0.2) is 20.5 Å². The Hall–Kier alpha value is -1.59. The number of halogens is 1. The first-order chi connectivity index (χ1) is 12.8. The fourth-order valence-electron chi connectivity index (χ4n) is 2.73. The highest BCUT2D eigenvalue weighted by atomic mass is 79.9. The van der Waals surface area contributed by atoms with E-state index in [-0.39, 0.29) is 5.41 Å². The van der Waals surface area contributed by atoms with Gasteiger partial charge in [0.05, 0.1) is 0 Å². The molecule has 3 rings (SSSR count). The minimum absolute atomic E-state index is 0.135. The van der Waals surface area contributed by atoms with Crippen molar-refractivity contribution in [2.45, 2.75) is 45.2 Å². The molecule has 3 aromatic rings. The van der Waals surface area contributed by atoms with Gasteiger partial charge in [0.1, 0.15) is 0 Å². The number of hydrogen-bond donors (Lipinski definition) is 0. The predicted octanol–water partition coefficient (Wildman–Crippen LogP) is 6.74. The Kier molecular flexibility index (Phi) is 6.11. The quantitative estimate of drug-likeness (QED) is 0.408. The van der Waals surface area contributed by atoms with Crippen molar-refractivity contribution in [2.24, 2.45) is 5.92 Å². The van der Waals surface area contributed by atoms with Gasteiger partial charge >= 0.3 is 0 Å². The Morgan fingerprint density at radius 1 is 0.963 bits per heavy atom. The molecule has 0 aliphatic rings. The van der Waals surface area contributed by atoms with E-state index in [1.54, 1.807) is 11.8 Å². The first-order valence-corrected chi connectivity index (χ1v) is 11.0. The Balaban J connectivity index is 2.05. The standard InChI is InChI=1S/C22H26BrN3S/c1-15(2)14-27-21-25-24-20(26(21)19-12-10-18(23)11-13-19)16-6-8-17(9-7-16)22(3,4)5/h6-13,15H,14H2,1-5H3. The average Bonchev–Trinajstić information content (AvgIpc) is 3.04. The molecule has 1 aromatic heterocycles. The molecule has 0 bridgehead atoms. The molecule has 0 amide bonds. The normalized spacial score (nSPS) is 12.0.